The Morgan fingerprint density at radius 2 is 1.93 bits per heavy atom. The van der Waals surface area contributed by atoms with Crippen molar-refractivity contribution in [3.8, 4) is 0 Å². The first-order chi connectivity index (χ1) is 6.90. The number of nitrogens with two attached hydrogens (primary N) is 1. The highest BCUT2D eigenvalue weighted by molar-refractivity contribution is 4.82. The standard InChI is InChI=1S/C11H22N2O/c12-5-1-2-10-3-6-13(7-4-10)11-8-14-9-11/h10-11H,1-9,12H2. The van der Waals surface area contributed by atoms with E-state index in [9.17, 15) is 0 Å². The molecule has 2 heterocycles. The van der Waals surface area contributed by atoms with Crippen molar-refractivity contribution in [1.29, 1.82) is 0 Å². The van der Waals surface area contributed by atoms with E-state index in [1.54, 1.807) is 0 Å². The van der Waals surface area contributed by atoms with Gasteiger partial charge < -0.3 is 10.5 Å². The molecule has 0 bridgehead atoms. The predicted octanol–water partition coefficient (Wildman–Crippen LogP) is 0.836. The average Bonchev–Trinajstić information content (AvgIpc) is 2.14. The molecule has 0 aromatic heterocycles. The maximum atomic E-state index is 5.52. The van der Waals surface area contributed by atoms with Gasteiger partial charge in [0.15, 0.2) is 0 Å². The van der Waals surface area contributed by atoms with Crippen molar-refractivity contribution >= 4 is 0 Å². The fourth-order valence-corrected chi connectivity index (χ4v) is 2.45. The molecule has 2 N–H and O–H groups in total. The minimum Gasteiger partial charge on any atom is -0.378 e. The summed E-state index contributed by atoms with van der Waals surface area (Å²) < 4.78 is 5.22. The highest BCUT2D eigenvalue weighted by Crippen LogP contribution is 2.24. The van der Waals surface area contributed by atoms with Gasteiger partial charge >= 0.3 is 0 Å². The molecule has 0 radical (unpaired) electrons. The Balaban J connectivity index is 1.64. The van der Waals surface area contributed by atoms with Crippen LogP contribution in [-0.2, 0) is 4.74 Å². The van der Waals surface area contributed by atoms with Gasteiger partial charge in [0.1, 0.15) is 0 Å². The van der Waals surface area contributed by atoms with Crippen molar-refractivity contribution in [3.63, 3.8) is 0 Å². The van der Waals surface area contributed by atoms with Crippen LogP contribution in [0.2, 0.25) is 0 Å². The maximum Gasteiger partial charge on any atom is 0.0645 e. The molecule has 0 saturated carbocycles. The molecule has 2 rings (SSSR count). The fraction of sp³-hybridized carbons (Fsp3) is 1.00. The molecule has 2 aliphatic rings. The van der Waals surface area contributed by atoms with E-state index >= 15 is 0 Å². The van der Waals surface area contributed by atoms with Gasteiger partial charge in [-0.25, -0.2) is 0 Å². The Kier molecular flexibility index (Phi) is 3.79. The van der Waals surface area contributed by atoms with Crippen LogP contribution >= 0.6 is 0 Å². The van der Waals surface area contributed by atoms with E-state index in [0.29, 0.717) is 0 Å². The number of ether oxygens (including phenoxy) is 1. The average molecular weight is 198 g/mol. The lowest BCUT2D eigenvalue weighted by molar-refractivity contribution is -0.0740. The van der Waals surface area contributed by atoms with Crippen molar-refractivity contribution in [1.82, 2.24) is 4.90 Å². The molecule has 2 fully saturated rings. The van der Waals surface area contributed by atoms with Gasteiger partial charge in [0, 0.05) is 0 Å². The Morgan fingerprint density at radius 1 is 1.21 bits per heavy atom. The summed E-state index contributed by atoms with van der Waals surface area (Å²) >= 11 is 0. The molecule has 82 valence electrons. The highest BCUT2D eigenvalue weighted by atomic mass is 16.5. The SMILES string of the molecule is NCCCC1CCN(C2COC2)CC1. The second-order valence-corrected chi connectivity index (χ2v) is 4.60. The second-order valence-electron chi connectivity index (χ2n) is 4.60. The van der Waals surface area contributed by atoms with Gasteiger partial charge in [-0.05, 0) is 51.2 Å². The smallest absolute Gasteiger partial charge is 0.0645 e. The van der Waals surface area contributed by atoms with Crippen LogP contribution in [0, 0.1) is 5.92 Å². The number of likely N-dealkylation sites (tertiary alicyclic amines) is 1. The molecule has 0 amide bonds. The van der Waals surface area contributed by atoms with Gasteiger partial charge in [-0.3, -0.25) is 4.90 Å². The van der Waals surface area contributed by atoms with Crippen LogP contribution in [0.3, 0.4) is 0 Å². The van der Waals surface area contributed by atoms with Crippen LogP contribution in [0.25, 0.3) is 0 Å². The third-order valence-corrected chi connectivity index (χ3v) is 3.60. The summed E-state index contributed by atoms with van der Waals surface area (Å²) in [7, 11) is 0. The number of hydrogen-bond acceptors (Lipinski definition) is 3. The third-order valence-electron chi connectivity index (χ3n) is 3.60. The number of nitrogens with zero attached hydrogens (tertiary/aromatic N) is 1. The van der Waals surface area contributed by atoms with E-state index in [-0.39, 0.29) is 0 Å². The summed E-state index contributed by atoms with van der Waals surface area (Å²) in [4.78, 5) is 2.60. The van der Waals surface area contributed by atoms with E-state index in [0.717, 1.165) is 31.7 Å². The maximum absolute atomic E-state index is 5.52. The quantitative estimate of drug-likeness (QED) is 0.727. The first-order valence-electron chi connectivity index (χ1n) is 5.92. The summed E-state index contributed by atoms with van der Waals surface area (Å²) in [6, 6.07) is 0.741. The van der Waals surface area contributed by atoms with Crippen molar-refractivity contribution in [2.45, 2.75) is 31.7 Å². The molecule has 14 heavy (non-hydrogen) atoms. The van der Waals surface area contributed by atoms with Gasteiger partial charge in [-0.2, -0.15) is 0 Å². The van der Waals surface area contributed by atoms with E-state index < -0.39 is 0 Å². The Morgan fingerprint density at radius 3 is 2.43 bits per heavy atom. The van der Waals surface area contributed by atoms with Gasteiger partial charge in [0.25, 0.3) is 0 Å². The van der Waals surface area contributed by atoms with E-state index in [2.05, 4.69) is 4.90 Å². The van der Waals surface area contributed by atoms with Gasteiger partial charge in [-0.15, -0.1) is 0 Å². The summed E-state index contributed by atoms with van der Waals surface area (Å²) in [5, 5.41) is 0. The third kappa shape index (κ3) is 2.47. The van der Waals surface area contributed by atoms with Crippen LogP contribution < -0.4 is 5.73 Å². The van der Waals surface area contributed by atoms with Gasteiger partial charge in [0.2, 0.25) is 0 Å². The van der Waals surface area contributed by atoms with E-state index in [1.165, 1.54) is 38.8 Å². The molecule has 0 aliphatic carbocycles. The summed E-state index contributed by atoms with van der Waals surface area (Å²) in [5.74, 6) is 0.941. The molecule has 0 aromatic carbocycles. The van der Waals surface area contributed by atoms with Crippen molar-refractivity contribution < 1.29 is 4.74 Å². The highest BCUT2D eigenvalue weighted by Gasteiger charge is 2.29. The number of rotatable bonds is 4. The van der Waals surface area contributed by atoms with Crippen molar-refractivity contribution in [3.05, 3.63) is 0 Å². The minimum absolute atomic E-state index is 0.741. The topological polar surface area (TPSA) is 38.5 Å². The van der Waals surface area contributed by atoms with Crippen LogP contribution in [0.4, 0.5) is 0 Å². The molecular formula is C11H22N2O. The van der Waals surface area contributed by atoms with Crippen LogP contribution in [0.15, 0.2) is 0 Å². The van der Waals surface area contributed by atoms with Crippen molar-refractivity contribution in [2.24, 2.45) is 11.7 Å². The van der Waals surface area contributed by atoms with E-state index in [4.69, 9.17) is 10.5 Å². The van der Waals surface area contributed by atoms with Gasteiger partial charge in [0.05, 0.1) is 19.3 Å². The Hall–Kier alpha value is -0.120. The van der Waals surface area contributed by atoms with Gasteiger partial charge in [-0.1, -0.05) is 0 Å². The molecule has 3 nitrogen and oxygen atoms in total. The summed E-state index contributed by atoms with van der Waals surface area (Å²) in [6.07, 6.45) is 5.29. The zero-order valence-electron chi connectivity index (χ0n) is 8.95. The molecule has 0 atom stereocenters. The summed E-state index contributed by atoms with van der Waals surface area (Å²) in [6.45, 7) is 5.35. The molecule has 0 spiro atoms. The monoisotopic (exact) mass is 198 g/mol. The lowest BCUT2D eigenvalue weighted by Gasteiger charge is -2.41. The minimum atomic E-state index is 0.741. The number of piperidine rings is 1. The normalized spacial score (nSPS) is 26.4. The first kappa shape index (κ1) is 10.4. The zero-order valence-corrected chi connectivity index (χ0v) is 8.95. The largest absolute Gasteiger partial charge is 0.378 e. The molecule has 0 unspecified atom stereocenters. The molecule has 3 heteroatoms. The second kappa shape index (κ2) is 5.10. The molecular weight excluding hydrogens is 176 g/mol. The fourth-order valence-electron chi connectivity index (χ4n) is 2.45. The van der Waals surface area contributed by atoms with Crippen molar-refractivity contribution in [2.75, 3.05) is 32.8 Å². The predicted molar refractivity (Wildman–Crippen MR) is 57.2 cm³/mol. The lowest BCUT2D eigenvalue weighted by Crippen LogP contribution is -2.51. The lowest BCUT2D eigenvalue weighted by atomic mass is 9.91. The van der Waals surface area contributed by atoms with Crippen LogP contribution in [0.1, 0.15) is 25.7 Å². The Labute approximate surface area is 86.6 Å². The molecule has 0 aromatic rings. The molecule has 2 saturated heterocycles. The summed E-state index contributed by atoms with van der Waals surface area (Å²) in [5.41, 5.74) is 5.52. The Bertz CT molecular complexity index is 163. The van der Waals surface area contributed by atoms with Crippen LogP contribution in [0.5, 0.6) is 0 Å². The number of hydrogen-bond donors (Lipinski definition) is 1. The first-order valence-corrected chi connectivity index (χ1v) is 5.92. The zero-order chi connectivity index (χ0) is 9.80. The van der Waals surface area contributed by atoms with E-state index in [1.807, 2.05) is 0 Å². The molecule has 2 aliphatic heterocycles. The van der Waals surface area contributed by atoms with Crippen LogP contribution in [-0.4, -0.2) is 43.8 Å².